The molecule has 2 aliphatic heterocycles. The normalized spacial score (nSPS) is 20.4. The van der Waals surface area contributed by atoms with Crippen LogP contribution in [0.15, 0.2) is 11.4 Å². The van der Waals surface area contributed by atoms with Crippen molar-refractivity contribution in [3.05, 3.63) is 21.3 Å². The number of ether oxygens (including phenoxy) is 1. The molecule has 5 nitrogen and oxygen atoms in total. The van der Waals surface area contributed by atoms with Crippen LogP contribution in [-0.2, 0) is 4.74 Å². The predicted octanol–water partition coefficient (Wildman–Crippen LogP) is 2.46. The number of thiophene rings is 1. The zero-order chi connectivity index (χ0) is 14.1. The van der Waals surface area contributed by atoms with Crippen LogP contribution in [0.3, 0.4) is 0 Å². The fraction of sp³-hybridized carbons (Fsp3) is 0.538. The van der Waals surface area contributed by atoms with Crippen LogP contribution >= 0.6 is 22.9 Å². The summed E-state index contributed by atoms with van der Waals surface area (Å²) in [5.74, 6) is -0.00699. The summed E-state index contributed by atoms with van der Waals surface area (Å²) in [6, 6.07) is 1.93. The minimum Gasteiger partial charge on any atom is -0.448 e. The average molecular weight is 315 g/mol. The minimum absolute atomic E-state index is 0.00699. The number of amides is 2. The van der Waals surface area contributed by atoms with Crippen molar-refractivity contribution in [2.45, 2.75) is 18.9 Å². The van der Waals surface area contributed by atoms with Gasteiger partial charge in [-0.25, -0.2) is 4.79 Å². The van der Waals surface area contributed by atoms with Crippen molar-refractivity contribution in [1.29, 1.82) is 0 Å². The Hall–Kier alpha value is -1.27. The molecule has 0 aliphatic carbocycles. The number of carbonyl (C=O) groups is 2. The molecule has 1 aromatic rings. The fourth-order valence-corrected chi connectivity index (χ4v) is 3.81. The number of hydrogen-bond donors (Lipinski definition) is 0. The number of rotatable bonds is 2. The first-order chi connectivity index (χ1) is 9.66. The maximum atomic E-state index is 12.3. The highest BCUT2D eigenvalue weighted by molar-refractivity contribution is 7.12. The van der Waals surface area contributed by atoms with Crippen LogP contribution in [0.1, 0.15) is 22.5 Å². The molecule has 2 aliphatic rings. The van der Waals surface area contributed by atoms with Gasteiger partial charge in [-0.05, 0) is 24.3 Å². The van der Waals surface area contributed by atoms with Crippen molar-refractivity contribution in [2.75, 3.05) is 26.2 Å². The number of piperidine rings is 1. The maximum Gasteiger partial charge on any atom is 0.410 e. The third kappa shape index (κ3) is 2.50. The monoisotopic (exact) mass is 314 g/mol. The van der Waals surface area contributed by atoms with Gasteiger partial charge in [0.15, 0.2) is 0 Å². The number of likely N-dealkylation sites (tertiary alicyclic amines) is 1. The highest BCUT2D eigenvalue weighted by atomic mass is 35.5. The van der Waals surface area contributed by atoms with Gasteiger partial charge >= 0.3 is 6.09 Å². The van der Waals surface area contributed by atoms with Crippen LogP contribution < -0.4 is 0 Å². The molecule has 20 heavy (non-hydrogen) atoms. The molecule has 0 radical (unpaired) electrons. The van der Waals surface area contributed by atoms with Crippen molar-refractivity contribution < 1.29 is 14.3 Å². The molecule has 108 valence electrons. The van der Waals surface area contributed by atoms with Crippen molar-refractivity contribution in [3.63, 3.8) is 0 Å². The molecule has 1 aromatic heterocycles. The Bertz CT molecular complexity index is 525. The van der Waals surface area contributed by atoms with Crippen molar-refractivity contribution in [3.8, 4) is 0 Å². The first kappa shape index (κ1) is 13.7. The van der Waals surface area contributed by atoms with Gasteiger partial charge in [-0.2, -0.15) is 0 Å². The van der Waals surface area contributed by atoms with E-state index in [1.807, 2.05) is 10.3 Å². The third-order valence-electron chi connectivity index (χ3n) is 3.80. The van der Waals surface area contributed by atoms with Gasteiger partial charge in [0.05, 0.1) is 11.6 Å². The van der Waals surface area contributed by atoms with E-state index in [-0.39, 0.29) is 18.0 Å². The van der Waals surface area contributed by atoms with Gasteiger partial charge in [-0.1, -0.05) is 11.6 Å². The van der Waals surface area contributed by atoms with Gasteiger partial charge in [-0.15, -0.1) is 11.3 Å². The first-order valence-electron chi connectivity index (χ1n) is 6.62. The second kappa shape index (κ2) is 5.61. The van der Waals surface area contributed by atoms with E-state index in [0.717, 1.165) is 12.8 Å². The van der Waals surface area contributed by atoms with Gasteiger partial charge in [0.2, 0.25) is 0 Å². The summed E-state index contributed by atoms with van der Waals surface area (Å²) in [6.45, 7) is 2.44. The summed E-state index contributed by atoms with van der Waals surface area (Å²) in [5.41, 5.74) is 0. The van der Waals surface area contributed by atoms with E-state index in [4.69, 9.17) is 16.3 Å². The maximum absolute atomic E-state index is 12.3. The van der Waals surface area contributed by atoms with E-state index < -0.39 is 0 Å². The largest absolute Gasteiger partial charge is 0.448 e. The summed E-state index contributed by atoms with van der Waals surface area (Å²) in [7, 11) is 0. The standard InChI is InChI=1S/C13H15ClN2O3S/c14-10-3-8-20-11(10)12(17)15-4-1-9(2-5-15)16-6-7-19-13(16)18/h3,8-9H,1-2,4-7H2. The van der Waals surface area contributed by atoms with Crippen molar-refractivity contribution >= 4 is 34.9 Å². The van der Waals surface area contributed by atoms with Gasteiger partial charge in [0, 0.05) is 19.1 Å². The number of carbonyl (C=O) groups excluding carboxylic acids is 2. The second-order valence-corrected chi connectivity index (χ2v) is 6.25. The van der Waals surface area contributed by atoms with Crippen LogP contribution in [0, 0.1) is 0 Å². The van der Waals surface area contributed by atoms with Crippen LogP contribution in [0.25, 0.3) is 0 Å². The molecule has 0 unspecified atom stereocenters. The van der Waals surface area contributed by atoms with E-state index in [2.05, 4.69) is 0 Å². The molecule has 3 rings (SSSR count). The highest BCUT2D eigenvalue weighted by Gasteiger charge is 2.33. The molecule has 0 spiro atoms. The van der Waals surface area contributed by atoms with Crippen LogP contribution in [-0.4, -0.2) is 54.1 Å². The van der Waals surface area contributed by atoms with E-state index in [1.54, 1.807) is 11.0 Å². The molecular weight excluding hydrogens is 300 g/mol. The van der Waals surface area contributed by atoms with Gasteiger partial charge in [-0.3, -0.25) is 4.79 Å². The Morgan fingerprint density at radius 1 is 1.35 bits per heavy atom. The van der Waals surface area contributed by atoms with Crippen LogP contribution in [0.5, 0.6) is 0 Å². The second-order valence-electron chi connectivity index (χ2n) is 4.93. The number of halogens is 1. The lowest BCUT2D eigenvalue weighted by molar-refractivity contribution is 0.0663. The van der Waals surface area contributed by atoms with E-state index in [0.29, 0.717) is 36.1 Å². The molecule has 2 amide bonds. The topological polar surface area (TPSA) is 49.9 Å². The Balaban J connectivity index is 1.60. The fourth-order valence-electron chi connectivity index (χ4n) is 2.71. The predicted molar refractivity (Wildman–Crippen MR) is 76.3 cm³/mol. The summed E-state index contributed by atoms with van der Waals surface area (Å²) in [5, 5.41) is 2.34. The van der Waals surface area contributed by atoms with E-state index in [9.17, 15) is 9.59 Å². The Morgan fingerprint density at radius 2 is 2.10 bits per heavy atom. The first-order valence-corrected chi connectivity index (χ1v) is 7.88. The van der Waals surface area contributed by atoms with Crippen molar-refractivity contribution in [1.82, 2.24) is 9.80 Å². The summed E-state index contributed by atoms with van der Waals surface area (Å²) < 4.78 is 4.96. The molecule has 0 atom stereocenters. The molecule has 0 aromatic carbocycles. The molecule has 0 saturated carbocycles. The van der Waals surface area contributed by atoms with Gasteiger partial charge in [0.1, 0.15) is 11.5 Å². The number of hydrogen-bond acceptors (Lipinski definition) is 4. The summed E-state index contributed by atoms with van der Waals surface area (Å²) in [6.07, 6.45) is 1.37. The molecule has 0 N–H and O–H groups in total. The Kier molecular flexibility index (Phi) is 3.85. The summed E-state index contributed by atoms with van der Waals surface area (Å²) >= 11 is 7.37. The SMILES string of the molecule is O=C(c1sccc1Cl)N1CCC(N2CCOC2=O)CC1. The molecule has 7 heteroatoms. The van der Waals surface area contributed by atoms with Gasteiger partial charge in [0.25, 0.3) is 5.91 Å². The number of cyclic esters (lactones) is 1. The Morgan fingerprint density at radius 3 is 2.65 bits per heavy atom. The zero-order valence-electron chi connectivity index (χ0n) is 10.9. The van der Waals surface area contributed by atoms with Crippen molar-refractivity contribution in [2.24, 2.45) is 0 Å². The third-order valence-corrected chi connectivity index (χ3v) is 5.13. The lowest BCUT2D eigenvalue weighted by Crippen LogP contribution is -2.47. The Labute approximate surface area is 126 Å². The summed E-state index contributed by atoms with van der Waals surface area (Å²) in [4.78, 5) is 28.0. The number of nitrogens with zero attached hydrogens (tertiary/aromatic N) is 2. The molecular formula is C13H15ClN2O3S. The zero-order valence-corrected chi connectivity index (χ0v) is 12.5. The van der Waals surface area contributed by atoms with E-state index >= 15 is 0 Å². The molecule has 2 fully saturated rings. The lowest BCUT2D eigenvalue weighted by Gasteiger charge is -2.35. The molecule has 3 heterocycles. The van der Waals surface area contributed by atoms with Crippen LogP contribution in [0.2, 0.25) is 5.02 Å². The smallest absolute Gasteiger partial charge is 0.410 e. The lowest BCUT2D eigenvalue weighted by atomic mass is 10.0. The minimum atomic E-state index is -0.226. The average Bonchev–Trinajstić information content (AvgIpc) is 3.07. The molecule has 0 bridgehead atoms. The van der Waals surface area contributed by atoms with E-state index in [1.165, 1.54) is 11.3 Å². The highest BCUT2D eigenvalue weighted by Crippen LogP contribution is 2.26. The molecule has 2 saturated heterocycles. The quantitative estimate of drug-likeness (QED) is 0.842. The van der Waals surface area contributed by atoms with Gasteiger partial charge < -0.3 is 14.5 Å². The van der Waals surface area contributed by atoms with Crippen LogP contribution in [0.4, 0.5) is 4.79 Å².